The van der Waals surface area contributed by atoms with Crippen LogP contribution in [0.4, 0.5) is 0 Å². The smallest absolute Gasteiger partial charge is 0.193 e. The molecule has 0 saturated heterocycles. The quantitative estimate of drug-likeness (QED) is 0.143. The predicted octanol–water partition coefficient (Wildman–Crippen LogP) is 9.40. The van der Waals surface area contributed by atoms with Crippen LogP contribution in [0.2, 0.25) is 36.3 Å². The Morgan fingerprint density at radius 1 is 0.794 bits per heavy atom. The van der Waals surface area contributed by atoms with Crippen LogP contribution < -0.4 is 0 Å². The number of benzene rings is 1. The Morgan fingerprint density at radius 2 is 1.32 bits per heavy atom. The number of aliphatic imine (C=N–C) groups is 1. The van der Waals surface area contributed by atoms with Crippen molar-refractivity contribution in [3.8, 4) is 0 Å². The Bertz CT molecular complexity index is 718. The predicted molar refractivity (Wildman–Crippen MR) is 156 cm³/mol. The van der Waals surface area contributed by atoms with Crippen LogP contribution in [0.1, 0.15) is 92.6 Å². The molecule has 5 heteroatoms. The van der Waals surface area contributed by atoms with E-state index in [-0.39, 0.29) is 22.3 Å². The van der Waals surface area contributed by atoms with Gasteiger partial charge in [0.25, 0.3) is 0 Å². The topological polar surface area (TPSA) is 30.8 Å². The number of nitrogens with zero attached hydrogens (tertiary/aromatic N) is 1. The van der Waals surface area contributed by atoms with Crippen LogP contribution in [-0.4, -0.2) is 35.1 Å². The van der Waals surface area contributed by atoms with Gasteiger partial charge >= 0.3 is 0 Å². The lowest BCUT2D eigenvalue weighted by Gasteiger charge is -2.44. The molecular formula is C29H55NO2Si2. The molecular weight excluding hydrogens is 450 g/mol. The average molecular weight is 506 g/mol. The van der Waals surface area contributed by atoms with E-state index in [0.717, 1.165) is 6.42 Å². The van der Waals surface area contributed by atoms with Gasteiger partial charge in [0, 0.05) is 6.21 Å². The molecule has 0 unspecified atom stereocenters. The molecule has 0 heterocycles. The summed E-state index contributed by atoms with van der Waals surface area (Å²) in [4.78, 5) is 4.89. The number of hydrogen-bond acceptors (Lipinski definition) is 3. The third kappa shape index (κ3) is 10.5. The fourth-order valence-corrected chi connectivity index (χ4v) is 5.97. The van der Waals surface area contributed by atoms with Crippen LogP contribution in [0, 0.1) is 0 Å². The SMILES string of the molecule is CCCCCCC[C@H](O[Si](C)(C)C(C)(C)C)[C@H](C=NCc1ccccc1)O[Si](C)(C)C(C)(C)C. The Labute approximate surface area is 214 Å². The maximum Gasteiger partial charge on any atom is 0.193 e. The molecule has 0 fully saturated rings. The summed E-state index contributed by atoms with van der Waals surface area (Å²) in [6, 6.07) is 10.5. The van der Waals surface area contributed by atoms with Gasteiger partial charge in [-0.2, -0.15) is 0 Å². The lowest BCUT2D eigenvalue weighted by atomic mass is 10.1. The maximum atomic E-state index is 7.08. The highest BCUT2D eigenvalue weighted by atomic mass is 28.4. The molecule has 0 spiro atoms. The van der Waals surface area contributed by atoms with Crippen LogP contribution in [0.5, 0.6) is 0 Å². The number of hydrogen-bond donors (Lipinski definition) is 0. The molecule has 34 heavy (non-hydrogen) atoms. The van der Waals surface area contributed by atoms with Crippen molar-refractivity contribution in [3.63, 3.8) is 0 Å². The molecule has 1 rings (SSSR count). The minimum atomic E-state index is -2.00. The second-order valence-corrected chi connectivity index (χ2v) is 22.5. The monoisotopic (exact) mass is 505 g/mol. The van der Waals surface area contributed by atoms with Crippen LogP contribution in [0.25, 0.3) is 0 Å². The molecule has 0 aliphatic rings. The van der Waals surface area contributed by atoms with Crippen molar-refractivity contribution < 1.29 is 8.85 Å². The standard InChI is InChI=1S/C29H55NO2Si2/c1-12-13-14-15-19-22-26(31-33(8,9)28(2,3)4)27(32-34(10,11)29(5,6)7)24-30-23-25-20-17-16-18-21-25/h16-18,20-21,24,26-27H,12-15,19,22-23H2,1-11H3/t26-,27-/m0/s1. The third-order valence-electron chi connectivity index (χ3n) is 7.82. The summed E-state index contributed by atoms with van der Waals surface area (Å²) in [7, 11) is -3.95. The molecule has 0 aromatic heterocycles. The second kappa shape index (κ2) is 13.5. The van der Waals surface area contributed by atoms with E-state index in [1.807, 2.05) is 0 Å². The van der Waals surface area contributed by atoms with Gasteiger partial charge in [0.15, 0.2) is 16.6 Å². The summed E-state index contributed by atoms with van der Waals surface area (Å²) in [5.74, 6) is 0. The van der Waals surface area contributed by atoms with Gasteiger partial charge in [-0.15, -0.1) is 0 Å². The van der Waals surface area contributed by atoms with Crippen molar-refractivity contribution >= 4 is 22.8 Å². The highest BCUT2D eigenvalue weighted by molar-refractivity contribution is 6.74. The fourth-order valence-electron chi connectivity index (χ4n) is 3.36. The molecule has 0 amide bonds. The molecule has 0 aliphatic heterocycles. The van der Waals surface area contributed by atoms with E-state index in [2.05, 4.69) is 111 Å². The minimum absolute atomic E-state index is 0.0520. The zero-order valence-electron chi connectivity index (χ0n) is 24.3. The highest BCUT2D eigenvalue weighted by Crippen LogP contribution is 2.41. The second-order valence-electron chi connectivity index (χ2n) is 12.9. The van der Waals surface area contributed by atoms with Crippen molar-refractivity contribution in [2.45, 2.75) is 142 Å². The normalized spacial score (nSPS) is 15.6. The van der Waals surface area contributed by atoms with Crippen molar-refractivity contribution in [1.29, 1.82) is 0 Å². The lowest BCUT2D eigenvalue weighted by molar-refractivity contribution is 0.0687. The Morgan fingerprint density at radius 3 is 1.85 bits per heavy atom. The maximum absolute atomic E-state index is 7.08. The molecule has 2 atom stereocenters. The van der Waals surface area contributed by atoms with Crippen LogP contribution in [0.15, 0.2) is 35.3 Å². The summed E-state index contributed by atoms with van der Waals surface area (Å²) in [6.07, 6.45) is 9.40. The van der Waals surface area contributed by atoms with Crippen molar-refractivity contribution in [1.82, 2.24) is 0 Å². The first-order valence-electron chi connectivity index (χ1n) is 13.5. The summed E-state index contributed by atoms with van der Waals surface area (Å²) in [6.45, 7) is 26.3. The van der Waals surface area contributed by atoms with Crippen molar-refractivity contribution in [3.05, 3.63) is 35.9 Å². The van der Waals surface area contributed by atoms with Gasteiger partial charge in [-0.3, -0.25) is 4.99 Å². The molecule has 1 aromatic rings. The molecule has 0 radical (unpaired) electrons. The van der Waals surface area contributed by atoms with E-state index >= 15 is 0 Å². The summed E-state index contributed by atoms with van der Waals surface area (Å²) >= 11 is 0. The molecule has 0 N–H and O–H groups in total. The van der Waals surface area contributed by atoms with Gasteiger partial charge in [-0.25, -0.2) is 0 Å². The number of unbranched alkanes of at least 4 members (excludes halogenated alkanes) is 4. The molecule has 3 nitrogen and oxygen atoms in total. The first-order chi connectivity index (χ1) is 15.6. The summed E-state index contributed by atoms with van der Waals surface area (Å²) < 4.78 is 14.1. The van der Waals surface area contributed by atoms with E-state index in [9.17, 15) is 0 Å². The Balaban J connectivity index is 3.21. The third-order valence-corrected chi connectivity index (χ3v) is 16.8. The zero-order chi connectivity index (χ0) is 26.0. The Hall–Kier alpha value is -0.756. The average Bonchev–Trinajstić information content (AvgIpc) is 2.71. The highest BCUT2D eigenvalue weighted by Gasteiger charge is 2.44. The van der Waals surface area contributed by atoms with Crippen LogP contribution in [-0.2, 0) is 15.4 Å². The van der Waals surface area contributed by atoms with Crippen molar-refractivity contribution in [2.24, 2.45) is 4.99 Å². The molecule has 0 aliphatic carbocycles. The molecule has 0 bridgehead atoms. The van der Waals surface area contributed by atoms with E-state index < -0.39 is 16.6 Å². The summed E-state index contributed by atoms with van der Waals surface area (Å²) in [5.41, 5.74) is 1.23. The lowest BCUT2D eigenvalue weighted by Crippen LogP contribution is -2.52. The van der Waals surface area contributed by atoms with Gasteiger partial charge < -0.3 is 8.85 Å². The van der Waals surface area contributed by atoms with Gasteiger partial charge in [-0.05, 0) is 48.2 Å². The molecule has 196 valence electrons. The van der Waals surface area contributed by atoms with Gasteiger partial charge in [0.1, 0.15) is 6.10 Å². The Kier molecular flexibility index (Phi) is 12.4. The minimum Gasteiger partial charge on any atom is -0.411 e. The van der Waals surface area contributed by atoms with E-state index in [1.54, 1.807) is 0 Å². The van der Waals surface area contributed by atoms with Gasteiger partial charge in [0.05, 0.1) is 12.6 Å². The summed E-state index contributed by atoms with van der Waals surface area (Å²) in [5, 5.41) is 0.303. The van der Waals surface area contributed by atoms with E-state index in [4.69, 9.17) is 13.8 Å². The van der Waals surface area contributed by atoms with E-state index in [1.165, 1.54) is 37.7 Å². The zero-order valence-corrected chi connectivity index (χ0v) is 26.3. The van der Waals surface area contributed by atoms with Gasteiger partial charge in [-0.1, -0.05) is 111 Å². The fraction of sp³-hybridized carbons (Fsp3) is 0.759. The largest absolute Gasteiger partial charge is 0.411 e. The van der Waals surface area contributed by atoms with Gasteiger partial charge in [0.2, 0.25) is 0 Å². The first-order valence-corrected chi connectivity index (χ1v) is 19.3. The van der Waals surface area contributed by atoms with Crippen LogP contribution in [0.3, 0.4) is 0 Å². The van der Waals surface area contributed by atoms with Crippen molar-refractivity contribution in [2.75, 3.05) is 0 Å². The number of rotatable bonds is 14. The molecule has 1 aromatic carbocycles. The van der Waals surface area contributed by atoms with Crippen LogP contribution >= 0.6 is 0 Å². The molecule has 0 saturated carbocycles. The van der Waals surface area contributed by atoms with E-state index in [0.29, 0.717) is 6.54 Å². The first kappa shape index (κ1) is 31.3.